The molecule has 19 heavy (non-hydrogen) atoms. The van der Waals surface area contributed by atoms with Crippen molar-refractivity contribution in [3.05, 3.63) is 0 Å². The van der Waals surface area contributed by atoms with Crippen LogP contribution in [0.1, 0.15) is 40.5 Å². The van der Waals surface area contributed by atoms with E-state index in [0.29, 0.717) is 17.7 Å². The highest BCUT2D eigenvalue weighted by atomic mass is 32.2. The normalized spacial score (nSPS) is 20.0. The number of nitrogens with one attached hydrogen (secondary N) is 1. The van der Waals surface area contributed by atoms with E-state index in [-0.39, 0.29) is 6.04 Å². The molecule has 0 aromatic heterocycles. The lowest BCUT2D eigenvalue weighted by Gasteiger charge is -2.31. The quantitative estimate of drug-likeness (QED) is 0.781. The predicted molar refractivity (Wildman–Crippen MR) is 84.6 cm³/mol. The van der Waals surface area contributed by atoms with Crippen LogP contribution in [0.2, 0.25) is 0 Å². The maximum atomic E-state index is 12.6. The van der Waals surface area contributed by atoms with Crippen LogP contribution in [-0.2, 0) is 4.79 Å². The summed E-state index contributed by atoms with van der Waals surface area (Å²) in [6, 6.07) is 0.0399. The van der Waals surface area contributed by atoms with Crippen molar-refractivity contribution >= 4 is 17.7 Å². The van der Waals surface area contributed by atoms with Gasteiger partial charge in [0, 0.05) is 31.1 Å². The van der Waals surface area contributed by atoms with Gasteiger partial charge in [0.25, 0.3) is 0 Å². The Bertz CT molecular complexity index is 251. The van der Waals surface area contributed by atoms with Crippen molar-refractivity contribution < 1.29 is 4.79 Å². The van der Waals surface area contributed by atoms with Gasteiger partial charge in [0.05, 0.1) is 6.04 Å². The van der Waals surface area contributed by atoms with Crippen LogP contribution in [0.3, 0.4) is 0 Å². The molecule has 1 atom stereocenters. The second-order valence-electron chi connectivity index (χ2n) is 6.27. The molecule has 1 amide bonds. The van der Waals surface area contributed by atoms with Gasteiger partial charge in [-0.1, -0.05) is 27.7 Å². The molecular formula is C15H30N2OS. The Morgan fingerprint density at radius 1 is 1.21 bits per heavy atom. The smallest absolute Gasteiger partial charge is 0.240 e. The molecule has 4 heteroatoms. The minimum absolute atomic E-state index is 0.0399. The largest absolute Gasteiger partial charge is 0.341 e. The van der Waals surface area contributed by atoms with Gasteiger partial charge in [-0.15, -0.1) is 0 Å². The van der Waals surface area contributed by atoms with E-state index in [1.165, 1.54) is 0 Å². The number of thioether (sulfide) groups is 1. The third-order valence-electron chi connectivity index (χ3n) is 3.48. The first-order valence-electron chi connectivity index (χ1n) is 7.60. The van der Waals surface area contributed by atoms with E-state index in [9.17, 15) is 4.79 Å². The van der Waals surface area contributed by atoms with Crippen LogP contribution >= 0.6 is 11.8 Å². The fourth-order valence-electron chi connectivity index (χ4n) is 2.10. The Morgan fingerprint density at radius 2 is 1.79 bits per heavy atom. The van der Waals surface area contributed by atoms with Gasteiger partial charge in [0.2, 0.25) is 5.91 Å². The SMILES string of the molecule is CC(C)CCN(CCC(C)C)C(=O)C1CSCCN1. The highest BCUT2D eigenvalue weighted by molar-refractivity contribution is 7.99. The summed E-state index contributed by atoms with van der Waals surface area (Å²) in [5.41, 5.74) is 0. The Hall–Kier alpha value is -0.220. The maximum Gasteiger partial charge on any atom is 0.240 e. The Balaban J connectivity index is 2.51. The lowest BCUT2D eigenvalue weighted by molar-refractivity contribution is -0.133. The average molecular weight is 286 g/mol. The maximum absolute atomic E-state index is 12.6. The molecule has 112 valence electrons. The summed E-state index contributed by atoms with van der Waals surface area (Å²) in [7, 11) is 0. The summed E-state index contributed by atoms with van der Waals surface area (Å²) in [6.45, 7) is 11.7. The van der Waals surface area contributed by atoms with E-state index < -0.39 is 0 Å². The van der Waals surface area contributed by atoms with E-state index in [1.54, 1.807) is 0 Å². The van der Waals surface area contributed by atoms with Gasteiger partial charge >= 0.3 is 0 Å². The Morgan fingerprint density at radius 3 is 2.21 bits per heavy atom. The molecule has 1 N–H and O–H groups in total. The molecule has 0 radical (unpaired) electrons. The fraction of sp³-hybridized carbons (Fsp3) is 0.933. The zero-order chi connectivity index (χ0) is 14.3. The van der Waals surface area contributed by atoms with Crippen LogP contribution < -0.4 is 5.32 Å². The molecule has 0 aromatic rings. The third kappa shape index (κ3) is 6.66. The molecule has 1 aliphatic heterocycles. The van der Waals surface area contributed by atoms with Gasteiger partial charge in [-0.2, -0.15) is 11.8 Å². The number of carbonyl (C=O) groups is 1. The number of hydrogen-bond acceptors (Lipinski definition) is 3. The number of carbonyl (C=O) groups excluding carboxylic acids is 1. The van der Waals surface area contributed by atoms with Crippen LogP contribution in [0, 0.1) is 11.8 Å². The molecule has 1 heterocycles. The van der Waals surface area contributed by atoms with Crippen molar-refractivity contribution in [2.45, 2.75) is 46.6 Å². The second-order valence-corrected chi connectivity index (χ2v) is 7.42. The van der Waals surface area contributed by atoms with Crippen molar-refractivity contribution in [1.29, 1.82) is 0 Å². The summed E-state index contributed by atoms with van der Waals surface area (Å²) in [5, 5.41) is 3.36. The topological polar surface area (TPSA) is 32.3 Å². The molecule has 1 unspecified atom stereocenters. The van der Waals surface area contributed by atoms with E-state index in [4.69, 9.17) is 0 Å². The highest BCUT2D eigenvalue weighted by Crippen LogP contribution is 2.13. The van der Waals surface area contributed by atoms with Crippen molar-refractivity contribution in [2.75, 3.05) is 31.1 Å². The molecule has 1 aliphatic rings. The number of hydrogen-bond donors (Lipinski definition) is 1. The van der Waals surface area contributed by atoms with Crippen LogP contribution in [0.5, 0.6) is 0 Å². The first-order valence-corrected chi connectivity index (χ1v) is 8.76. The van der Waals surface area contributed by atoms with Crippen molar-refractivity contribution in [3.63, 3.8) is 0 Å². The van der Waals surface area contributed by atoms with Gasteiger partial charge in [0.1, 0.15) is 0 Å². The first kappa shape index (κ1) is 16.8. The van der Waals surface area contributed by atoms with Gasteiger partial charge in [-0.3, -0.25) is 4.79 Å². The molecule has 0 aromatic carbocycles. The van der Waals surface area contributed by atoms with Crippen LogP contribution in [-0.4, -0.2) is 48.0 Å². The van der Waals surface area contributed by atoms with Gasteiger partial charge in [-0.05, 0) is 24.7 Å². The monoisotopic (exact) mass is 286 g/mol. The third-order valence-corrected chi connectivity index (χ3v) is 4.55. The molecule has 0 aliphatic carbocycles. The highest BCUT2D eigenvalue weighted by Gasteiger charge is 2.25. The second kappa shape index (κ2) is 8.85. The Labute approximate surface area is 122 Å². The van der Waals surface area contributed by atoms with Crippen LogP contribution in [0.15, 0.2) is 0 Å². The van der Waals surface area contributed by atoms with E-state index in [2.05, 4.69) is 37.9 Å². The molecule has 1 saturated heterocycles. The number of nitrogens with zero attached hydrogens (tertiary/aromatic N) is 1. The molecule has 3 nitrogen and oxygen atoms in total. The zero-order valence-corrected chi connectivity index (χ0v) is 13.8. The molecule has 0 saturated carbocycles. The zero-order valence-electron chi connectivity index (χ0n) is 12.9. The predicted octanol–water partition coefficient (Wildman–Crippen LogP) is 2.61. The summed E-state index contributed by atoms with van der Waals surface area (Å²) in [4.78, 5) is 14.7. The standard InChI is InChI=1S/C15H30N2OS/c1-12(2)5-8-17(9-6-13(3)4)15(18)14-11-19-10-7-16-14/h12-14,16H,5-11H2,1-4H3. The van der Waals surface area contributed by atoms with Crippen molar-refractivity contribution in [1.82, 2.24) is 10.2 Å². The molecular weight excluding hydrogens is 256 g/mol. The fourth-order valence-corrected chi connectivity index (χ4v) is 3.03. The van der Waals surface area contributed by atoms with Gasteiger partial charge < -0.3 is 10.2 Å². The minimum atomic E-state index is 0.0399. The summed E-state index contributed by atoms with van der Waals surface area (Å²) < 4.78 is 0. The Kier molecular flexibility index (Phi) is 7.84. The van der Waals surface area contributed by atoms with Crippen LogP contribution in [0.4, 0.5) is 0 Å². The molecule has 0 spiro atoms. The lowest BCUT2D eigenvalue weighted by atomic mass is 10.1. The van der Waals surface area contributed by atoms with Crippen molar-refractivity contribution in [2.24, 2.45) is 11.8 Å². The molecule has 0 bridgehead atoms. The van der Waals surface area contributed by atoms with Gasteiger partial charge in [0.15, 0.2) is 0 Å². The summed E-state index contributed by atoms with van der Waals surface area (Å²) >= 11 is 1.89. The molecule has 1 fully saturated rings. The summed E-state index contributed by atoms with van der Waals surface area (Å²) in [5.74, 6) is 3.68. The first-order chi connectivity index (χ1) is 9.00. The van der Waals surface area contributed by atoms with Crippen molar-refractivity contribution in [3.8, 4) is 0 Å². The number of rotatable bonds is 7. The molecule has 1 rings (SSSR count). The van der Waals surface area contributed by atoms with E-state index >= 15 is 0 Å². The summed E-state index contributed by atoms with van der Waals surface area (Å²) in [6.07, 6.45) is 2.20. The van der Waals surface area contributed by atoms with Crippen LogP contribution in [0.25, 0.3) is 0 Å². The minimum Gasteiger partial charge on any atom is -0.341 e. The van der Waals surface area contributed by atoms with E-state index in [1.807, 2.05) is 11.8 Å². The van der Waals surface area contributed by atoms with Gasteiger partial charge in [-0.25, -0.2) is 0 Å². The average Bonchev–Trinajstić information content (AvgIpc) is 2.38. The van der Waals surface area contributed by atoms with E-state index in [0.717, 1.165) is 44.0 Å². The number of amides is 1. The lowest BCUT2D eigenvalue weighted by Crippen LogP contribution is -2.51.